The van der Waals surface area contributed by atoms with Crippen LogP contribution < -0.4 is 15.4 Å². The molecule has 0 saturated heterocycles. The van der Waals surface area contributed by atoms with Gasteiger partial charge < -0.3 is 15.4 Å². The molecule has 0 bridgehead atoms. The average Bonchev–Trinajstić information content (AvgIpc) is 2.37. The number of para-hydroxylation sites is 2. The Morgan fingerprint density at radius 2 is 2.05 bits per heavy atom. The highest BCUT2D eigenvalue weighted by Crippen LogP contribution is 2.26. The number of carbonyl (C=O) groups is 1. The summed E-state index contributed by atoms with van der Waals surface area (Å²) in [6.07, 6.45) is -2.84. The van der Waals surface area contributed by atoms with Crippen molar-refractivity contribution in [1.82, 2.24) is 5.32 Å². The molecule has 0 spiro atoms. The normalized spacial score (nSPS) is 10.9. The van der Waals surface area contributed by atoms with Gasteiger partial charge in [0, 0.05) is 6.54 Å². The number of halogens is 3. The number of nitrogens with one attached hydrogen (secondary N) is 2. The molecule has 0 aliphatic carbocycles. The predicted octanol–water partition coefficient (Wildman–Crippen LogP) is 2.34. The van der Waals surface area contributed by atoms with E-state index < -0.39 is 12.8 Å². The van der Waals surface area contributed by atoms with Gasteiger partial charge in [-0.25, -0.2) is 0 Å². The van der Waals surface area contributed by atoms with Crippen LogP contribution in [0.1, 0.15) is 0 Å². The number of rotatable bonds is 7. The molecular weight excluding hydrogens is 273 g/mol. The Kier molecular flexibility index (Phi) is 6.05. The van der Waals surface area contributed by atoms with E-state index in [-0.39, 0.29) is 23.9 Å². The molecule has 0 saturated carbocycles. The van der Waals surface area contributed by atoms with Crippen LogP contribution in [0.15, 0.2) is 36.9 Å². The van der Waals surface area contributed by atoms with E-state index in [2.05, 4.69) is 21.9 Å². The number of ether oxygens (including phenoxy) is 1. The Morgan fingerprint density at radius 3 is 2.70 bits per heavy atom. The maximum atomic E-state index is 12.1. The molecule has 1 rings (SSSR count). The molecule has 0 heterocycles. The zero-order valence-electron chi connectivity index (χ0n) is 10.7. The van der Waals surface area contributed by atoms with E-state index in [1.54, 1.807) is 12.1 Å². The van der Waals surface area contributed by atoms with Crippen LogP contribution in [-0.2, 0) is 4.79 Å². The van der Waals surface area contributed by atoms with Gasteiger partial charge in [-0.2, -0.15) is 13.2 Å². The quantitative estimate of drug-likeness (QED) is 0.598. The summed E-state index contributed by atoms with van der Waals surface area (Å²) in [5.74, 6) is -0.406. The fourth-order valence-electron chi connectivity index (χ4n) is 1.34. The van der Waals surface area contributed by atoms with Crippen molar-refractivity contribution in [3.8, 4) is 5.75 Å². The van der Waals surface area contributed by atoms with Crippen LogP contribution in [0.2, 0.25) is 0 Å². The lowest BCUT2D eigenvalue weighted by Crippen LogP contribution is -2.28. The molecule has 1 amide bonds. The Balaban J connectivity index is 2.60. The summed E-state index contributed by atoms with van der Waals surface area (Å²) in [7, 11) is 0. The molecule has 2 N–H and O–H groups in total. The van der Waals surface area contributed by atoms with Gasteiger partial charge in [0.05, 0.1) is 12.2 Å². The van der Waals surface area contributed by atoms with Crippen molar-refractivity contribution in [2.75, 3.05) is 25.0 Å². The monoisotopic (exact) mass is 288 g/mol. The molecule has 110 valence electrons. The standard InChI is InChI=1S/C13H15F3N2O2/c1-2-7-17-8-12(19)18-10-5-3-4-6-11(10)20-9-13(14,15)16/h2-6,17H,1,7-9H2,(H,18,19). The highest BCUT2D eigenvalue weighted by molar-refractivity contribution is 5.93. The Labute approximate surface area is 114 Å². The van der Waals surface area contributed by atoms with Crippen molar-refractivity contribution < 1.29 is 22.7 Å². The highest BCUT2D eigenvalue weighted by atomic mass is 19.4. The number of anilines is 1. The maximum Gasteiger partial charge on any atom is 0.422 e. The minimum atomic E-state index is -4.43. The SMILES string of the molecule is C=CCNCC(=O)Nc1ccccc1OCC(F)(F)F. The topological polar surface area (TPSA) is 50.4 Å². The van der Waals surface area contributed by atoms with E-state index in [0.717, 1.165) is 0 Å². The summed E-state index contributed by atoms with van der Waals surface area (Å²) >= 11 is 0. The second-order valence-corrected chi connectivity index (χ2v) is 3.87. The van der Waals surface area contributed by atoms with Crippen molar-refractivity contribution in [1.29, 1.82) is 0 Å². The van der Waals surface area contributed by atoms with Crippen LogP contribution in [0.3, 0.4) is 0 Å². The summed E-state index contributed by atoms with van der Waals surface area (Å²) in [6, 6.07) is 5.94. The minimum absolute atomic E-state index is 0.0260. The molecular formula is C13H15F3N2O2. The first-order chi connectivity index (χ1) is 9.42. The summed E-state index contributed by atoms with van der Waals surface area (Å²) in [6.45, 7) is 2.56. The van der Waals surface area contributed by atoms with Gasteiger partial charge in [-0.3, -0.25) is 4.79 Å². The summed E-state index contributed by atoms with van der Waals surface area (Å²) in [4.78, 5) is 11.6. The number of alkyl halides is 3. The molecule has 0 radical (unpaired) electrons. The largest absolute Gasteiger partial charge is 0.482 e. The Morgan fingerprint density at radius 1 is 1.35 bits per heavy atom. The summed E-state index contributed by atoms with van der Waals surface area (Å²) in [5.41, 5.74) is 0.196. The second-order valence-electron chi connectivity index (χ2n) is 3.87. The predicted molar refractivity (Wildman–Crippen MR) is 69.7 cm³/mol. The molecule has 0 atom stereocenters. The van der Waals surface area contributed by atoms with Crippen molar-refractivity contribution in [2.45, 2.75) is 6.18 Å². The fourth-order valence-corrected chi connectivity index (χ4v) is 1.34. The third-order valence-corrected chi connectivity index (χ3v) is 2.13. The van der Waals surface area contributed by atoms with Gasteiger partial charge in [-0.15, -0.1) is 6.58 Å². The number of carbonyl (C=O) groups excluding carboxylic acids is 1. The first-order valence-corrected chi connectivity index (χ1v) is 5.82. The van der Waals surface area contributed by atoms with Crippen LogP contribution in [-0.4, -0.2) is 31.8 Å². The van der Waals surface area contributed by atoms with Gasteiger partial charge in [0.2, 0.25) is 5.91 Å². The van der Waals surface area contributed by atoms with Crippen molar-refractivity contribution in [3.05, 3.63) is 36.9 Å². The van der Waals surface area contributed by atoms with Crippen molar-refractivity contribution in [3.63, 3.8) is 0 Å². The molecule has 0 aliphatic rings. The van der Waals surface area contributed by atoms with E-state index >= 15 is 0 Å². The average molecular weight is 288 g/mol. The van der Waals surface area contributed by atoms with Gasteiger partial charge in [-0.05, 0) is 12.1 Å². The summed E-state index contributed by atoms with van der Waals surface area (Å²) < 4.78 is 41.0. The molecule has 7 heteroatoms. The Hall–Kier alpha value is -2.02. The van der Waals surface area contributed by atoms with Crippen LogP contribution in [0, 0.1) is 0 Å². The van der Waals surface area contributed by atoms with Crippen molar-refractivity contribution >= 4 is 11.6 Å². The molecule has 0 fully saturated rings. The number of amides is 1. The third-order valence-electron chi connectivity index (χ3n) is 2.13. The lowest BCUT2D eigenvalue weighted by molar-refractivity contribution is -0.153. The van der Waals surface area contributed by atoms with E-state index in [0.29, 0.717) is 6.54 Å². The lowest BCUT2D eigenvalue weighted by Gasteiger charge is -2.13. The molecule has 4 nitrogen and oxygen atoms in total. The molecule has 1 aromatic rings. The third kappa shape index (κ3) is 6.24. The Bertz CT molecular complexity index is 461. The van der Waals surface area contributed by atoms with Crippen LogP contribution >= 0.6 is 0 Å². The maximum absolute atomic E-state index is 12.1. The van der Waals surface area contributed by atoms with E-state index in [4.69, 9.17) is 0 Å². The first-order valence-electron chi connectivity index (χ1n) is 5.82. The zero-order chi connectivity index (χ0) is 15.0. The number of hydrogen-bond acceptors (Lipinski definition) is 3. The molecule has 20 heavy (non-hydrogen) atoms. The van der Waals surface area contributed by atoms with E-state index in [9.17, 15) is 18.0 Å². The number of benzene rings is 1. The van der Waals surface area contributed by atoms with Gasteiger partial charge in [0.15, 0.2) is 6.61 Å². The van der Waals surface area contributed by atoms with Gasteiger partial charge >= 0.3 is 6.18 Å². The van der Waals surface area contributed by atoms with Crippen LogP contribution in [0.25, 0.3) is 0 Å². The number of hydrogen-bond donors (Lipinski definition) is 2. The smallest absolute Gasteiger partial charge is 0.422 e. The first kappa shape index (κ1) is 16.0. The fraction of sp³-hybridized carbons (Fsp3) is 0.308. The lowest BCUT2D eigenvalue weighted by atomic mass is 10.3. The molecule has 0 aromatic heterocycles. The molecule has 0 unspecified atom stereocenters. The molecule has 1 aromatic carbocycles. The van der Waals surface area contributed by atoms with E-state index in [1.807, 2.05) is 0 Å². The highest BCUT2D eigenvalue weighted by Gasteiger charge is 2.28. The second kappa shape index (κ2) is 7.54. The van der Waals surface area contributed by atoms with Crippen LogP contribution in [0.4, 0.5) is 18.9 Å². The summed E-state index contributed by atoms with van der Waals surface area (Å²) in [5, 5.41) is 5.26. The van der Waals surface area contributed by atoms with Crippen LogP contribution in [0.5, 0.6) is 5.75 Å². The van der Waals surface area contributed by atoms with Gasteiger partial charge in [-0.1, -0.05) is 18.2 Å². The van der Waals surface area contributed by atoms with Gasteiger partial charge in [0.1, 0.15) is 5.75 Å². The minimum Gasteiger partial charge on any atom is -0.482 e. The van der Waals surface area contributed by atoms with Crippen molar-refractivity contribution in [2.24, 2.45) is 0 Å². The zero-order valence-corrected chi connectivity index (χ0v) is 10.7. The van der Waals surface area contributed by atoms with Gasteiger partial charge in [0.25, 0.3) is 0 Å². The van der Waals surface area contributed by atoms with E-state index in [1.165, 1.54) is 18.2 Å². The molecule has 0 aliphatic heterocycles.